The summed E-state index contributed by atoms with van der Waals surface area (Å²) in [7, 11) is -1.47. The molecule has 0 aromatic heterocycles. The maximum Gasteiger partial charge on any atom is 0.267 e. The van der Waals surface area contributed by atoms with Gasteiger partial charge in [-0.25, -0.2) is 8.42 Å². The first-order chi connectivity index (χ1) is 11.8. The third-order valence-corrected chi connectivity index (χ3v) is 7.80. The van der Waals surface area contributed by atoms with Gasteiger partial charge in [0.25, 0.3) is 11.8 Å². The number of amides is 2. The van der Waals surface area contributed by atoms with E-state index in [4.69, 9.17) is 12.2 Å². The fourth-order valence-corrected chi connectivity index (χ4v) is 6.59. The summed E-state index contributed by atoms with van der Waals surface area (Å²) in [5.41, 5.74) is 1.80. The minimum atomic E-state index is -3.14. The van der Waals surface area contributed by atoms with Crippen LogP contribution < -0.4 is 4.90 Å². The number of para-hydroxylation sites is 1. The summed E-state index contributed by atoms with van der Waals surface area (Å²) < 4.78 is 23.8. The summed E-state index contributed by atoms with van der Waals surface area (Å²) in [5.74, 6) is -0.635. The molecule has 4 rings (SSSR count). The number of thiocarbonyl (C=S) groups is 1. The highest BCUT2D eigenvalue weighted by Gasteiger charge is 2.45. The van der Waals surface area contributed by atoms with Crippen molar-refractivity contribution in [2.75, 3.05) is 23.5 Å². The second-order valence-corrected chi connectivity index (χ2v) is 10.1. The van der Waals surface area contributed by atoms with Crippen LogP contribution >= 0.6 is 24.0 Å². The van der Waals surface area contributed by atoms with E-state index in [9.17, 15) is 18.0 Å². The van der Waals surface area contributed by atoms with Crippen LogP contribution in [-0.4, -0.2) is 54.0 Å². The van der Waals surface area contributed by atoms with Crippen molar-refractivity contribution in [3.63, 3.8) is 0 Å². The van der Waals surface area contributed by atoms with E-state index in [2.05, 4.69) is 0 Å². The molecule has 0 aliphatic carbocycles. The van der Waals surface area contributed by atoms with Gasteiger partial charge in [-0.15, -0.1) is 0 Å². The molecule has 1 aromatic carbocycles. The fraction of sp³-hybridized carbons (Fsp3) is 0.312. The molecule has 0 bridgehead atoms. The molecule has 2 saturated heterocycles. The van der Waals surface area contributed by atoms with Gasteiger partial charge in [0, 0.05) is 12.6 Å². The monoisotopic (exact) mass is 394 g/mol. The average Bonchev–Trinajstić information content (AvgIpc) is 3.14. The van der Waals surface area contributed by atoms with Crippen LogP contribution in [0.25, 0.3) is 5.57 Å². The molecular weight excluding hydrogens is 380 g/mol. The van der Waals surface area contributed by atoms with Crippen molar-refractivity contribution in [2.45, 2.75) is 12.5 Å². The predicted octanol–water partition coefficient (Wildman–Crippen LogP) is 1.42. The van der Waals surface area contributed by atoms with Crippen molar-refractivity contribution in [2.24, 2.45) is 0 Å². The van der Waals surface area contributed by atoms with Crippen LogP contribution in [0.4, 0.5) is 5.69 Å². The molecule has 0 unspecified atom stereocenters. The lowest BCUT2D eigenvalue weighted by Crippen LogP contribution is -2.39. The maximum atomic E-state index is 13.0. The number of thioether (sulfide) groups is 1. The van der Waals surface area contributed by atoms with E-state index in [0.29, 0.717) is 21.9 Å². The van der Waals surface area contributed by atoms with Crippen LogP contribution in [0.3, 0.4) is 0 Å². The molecule has 1 aromatic rings. The smallest absolute Gasteiger partial charge is 0.267 e. The van der Waals surface area contributed by atoms with Crippen molar-refractivity contribution in [3.8, 4) is 0 Å². The second-order valence-electron chi connectivity index (χ2n) is 6.19. The summed E-state index contributed by atoms with van der Waals surface area (Å²) >= 11 is 6.40. The van der Waals surface area contributed by atoms with Crippen molar-refractivity contribution >= 4 is 61.2 Å². The Kier molecular flexibility index (Phi) is 3.78. The molecule has 130 valence electrons. The zero-order valence-corrected chi connectivity index (χ0v) is 15.7. The number of benzene rings is 1. The van der Waals surface area contributed by atoms with Crippen LogP contribution in [0.15, 0.2) is 29.2 Å². The third kappa shape index (κ3) is 2.52. The summed E-state index contributed by atoms with van der Waals surface area (Å²) in [6, 6.07) is 6.83. The van der Waals surface area contributed by atoms with E-state index < -0.39 is 15.9 Å². The molecule has 1 atom stereocenters. The highest BCUT2D eigenvalue weighted by Crippen LogP contribution is 2.45. The Labute approximate surface area is 154 Å². The number of carbonyl (C=O) groups excluding carboxylic acids is 2. The van der Waals surface area contributed by atoms with Crippen molar-refractivity contribution in [3.05, 3.63) is 34.7 Å². The number of sulfone groups is 1. The number of likely N-dealkylation sites (N-methyl/N-ethyl adjacent to an activating group) is 1. The molecule has 2 fully saturated rings. The zero-order valence-electron chi connectivity index (χ0n) is 13.3. The fourth-order valence-electron chi connectivity index (χ4n) is 3.41. The van der Waals surface area contributed by atoms with Gasteiger partial charge in [0.2, 0.25) is 0 Å². The highest BCUT2D eigenvalue weighted by atomic mass is 32.2. The lowest BCUT2D eigenvalue weighted by Gasteiger charge is -2.21. The highest BCUT2D eigenvalue weighted by molar-refractivity contribution is 8.26. The molecule has 6 nitrogen and oxygen atoms in total. The number of hydrogen-bond donors (Lipinski definition) is 0. The van der Waals surface area contributed by atoms with E-state index in [-0.39, 0.29) is 28.2 Å². The summed E-state index contributed by atoms with van der Waals surface area (Å²) in [6.45, 7) is 0. The van der Waals surface area contributed by atoms with Gasteiger partial charge in [-0.05, 0) is 12.5 Å². The van der Waals surface area contributed by atoms with Gasteiger partial charge in [-0.1, -0.05) is 42.2 Å². The van der Waals surface area contributed by atoms with E-state index in [0.717, 1.165) is 17.4 Å². The van der Waals surface area contributed by atoms with E-state index in [1.807, 2.05) is 18.2 Å². The van der Waals surface area contributed by atoms with Crippen molar-refractivity contribution in [1.82, 2.24) is 4.90 Å². The third-order valence-electron chi connectivity index (χ3n) is 4.65. The first-order valence-corrected chi connectivity index (χ1v) is 10.7. The van der Waals surface area contributed by atoms with E-state index in [1.54, 1.807) is 13.1 Å². The Morgan fingerprint density at radius 3 is 2.60 bits per heavy atom. The van der Waals surface area contributed by atoms with Gasteiger partial charge in [0.05, 0.1) is 33.7 Å². The standard InChI is InChI=1S/C16H14N2O4S3/c1-17-11-5-3-2-4-10(11)12(14(17)19)13-15(20)18(16(23)24-13)9-6-7-25(21,22)8-9/h2-5,9H,6-8H2,1H3/b13-12-/t9-/m1/s1. The summed E-state index contributed by atoms with van der Waals surface area (Å²) in [6.07, 6.45) is 0.377. The number of rotatable bonds is 1. The number of carbonyl (C=O) groups is 2. The van der Waals surface area contributed by atoms with Crippen molar-refractivity contribution < 1.29 is 18.0 Å². The van der Waals surface area contributed by atoms with Crippen LogP contribution in [-0.2, 0) is 19.4 Å². The van der Waals surface area contributed by atoms with E-state index >= 15 is 0 Å². The number of nitrogens with zero attached hydrogens (tertiary/aromatic N) is 2. The molecular formula is C16H14N2O4S3. The summed E-state index contributed by atoms with van der Waals surface area (Å²) in [5, 5.41) is 0. The van der Waals surface area contributed by atoms with Gasteiger partial charge in [0.15, 0.2) is 9.84 Å². The molecule has 3 aliphatic heterocycles. The Hall–Kier alpha value is -1.71. The average molecular weight is 394 g/mol. The molecule has 3 heterocycles. The molecule has 3 aliphatic rings. The minimum absolute atomic E-state index is 0.0606. The molecule has 25 heavy (non-hydrogen) atoms. The van der Waals surface area contributed by atoms with Crippen LogP contribution in [0.1, 0.15) is 12.0 Å². The largest absolute Gasteiger partial charge is 0.311 e. The zero-order chi connectivity index (χ0) is 17.9. The number of fused-ring (bicyclic) bond motifs is 1. The number of hydrogen-bond acceptors (Lipinski definition) is 6. The lowest BCUT2D eigenvalue weighted by atomic mass is 10.1. The quantitative estimate of drug-likeness (QED) is 0.530. The van der Waals surface area contributed by atoms with Crippen LogP contribution in [0.5, 0.6) is 0 Å². The van der Waals surface area contributed by atoms with Crippen LogP contribution in [0.2, 0.25) is 0 Å². The Bertz CT molecular complexity index is 967. The van der Waals surface area contributed by atoms with Gasteiger partial charge < -0.3 is 4.90 Å². The maximum absolute atomic E-state index is 13.0. The Morgan fingerprint density at radius 2 is 1.92 bits per heavy atom. The van der Waals surface area contributed by atoms with Gasteiger partial charge in [0.1, 0.15) is 4.32 Å². The van der Waals surface area contributed by atoms with Gasteiger partial charge in [-0.2, -0.15) is 0 Å². The topological polar surface area (TPSA) is 74.8 Å². The molecule has 0 N–H and O–H groups in total. The lowest BCUT2D eigenvalue weighted by molar-refractivity contribution is -0.123. The van der Waals surface area contributed by atoms with E-state index in [1.165, 1.54) is 9.80 Å². The van der Waals surface area contributed by atoms with Gasteiger partial charge in [-0.3, -0.25) is 14.5 Å². The first kappa shape index (κ1) is 16.7. The SMILES string of the molecule is CN1C(=O)/C(=C2\SC(=S)N([C@@H]3CCS(=O)(=O)C3)C2=O)c2ccccc21. The van der Waals surface area contributed by atoms with Crippen LogP contribution in [0, 0.1) is 0 Å². The summed E-state index contributed by atoms with van der Waals surface area (Å²) in [4.78, 5) is 28.8. The Morgan fingerprint density at radius 1 is 1.20 bits per heavy atom. The molecule has 9 heteroatoms. The normalized spacial score (nSPS) is 28.2. The molecule has 0 radical (unpaired) electrons. The Balaban J connectivity index is 1.78. The van der Waals surface area contributed by atoms with Gasteiger partial charge >= 0.3 is 0 Å². The molecule has 0 spiro atoms. The number of anilines is 1. The molecule has 0 saturated carbocycles. The first-order valence-electron chi connectivity index (χ1n) is 7.67. The van der Waals surface area contributed by atoms with Crippen molar-refractivity contribution in [1.29, 1.82) is 0 Å². The predicted molar refractivity (Wildman–Crippen MR) is 101 cm³/mol. The molecule has 2 amide bonds. The second kappa shape index (κ2) is 5.65. The minimum Gasteiger partial charge on any atom is -0.311 e.